The molecule has 1 amide bonds. The van der Waals surface area contributed by atoms with E-state index in [1.165, 1.54) is 6.42 Å². The Labute approximate surface area is 139 Å². The van der Waals surface area contributed by atoms with Gasteiger partial charge in [-0.05, 0) is 47.1 Å². The largest absolute Gasteiger partial charge is 0.497 e. The Morgan fingerprint density at radius 1 is 1.32 bits per heavy atom. The molecule has 5 nitrogen and oxygen atoms in total. The van der Waals surface area contributed by atoms with E-state index >= 15 is 0 Å². The van der Waals surface area contributed by atoms with Crippen molar-refractivity contribution in [1.82, 2.24) is 15.1 Å². The maximum Gasteiger partial charge on any atom is 0.255 e. The van der Waals surface area contributed by atoms with Crippen LogP contribution in [0.2, 0.25) is 0 Å². The van der Waals surface area contributed by atoms with Gasteiger partial charge in [-0.25, -0.2) is 0 Å². The molecule has 0 aliphatic carbocycles. The van der Waals surface area contributed by atoms with Crippen molar-refractivity contribution in [2.45, 2.75) is 12.5 Å². The number of amides is 1. The van der Waals surface area contributed by atoms with E-state index in [2.05, 4.69) is 26.1 Å². The minimum absolute atomic E-state index is 0.0787. The molecule has 2 saturated heterocycles. The summed E-state index contributed by atoms with van der Waals surface area (Å²) in [7, 11) is 1.62. The molecule has 0 radical (unpaired) electrons. The molecule has 2 fully saturated rings. The standard InChI is InChI=1S/C16H22BrN3O2/c1-22-13-2-3-15(17)14(10-13)16(21)20-8-6-19(7-9-20)12-4-5-18-11-12/h2-3,10,12,18H,4-9,11H2,1H3. The lowest BCUT2D eigenvalue weighted by Gasteiger charge is -2.38. The predicted molar refractivity (Wildman–Crippen MR) is 89.4 cm³/mol. The van der Waals surface area contributed by atoms with Crippen molar-refractivity contribution < 1.29 is 9.53 Å². The molecule has 120 valence electrons. The second-order valence-electron chi connectivity index (χ2n) is 5.82. The molecule has 1 aromatic rings. The number of nitrogens with zero attached hydrogens (tertiary/aromatic N) is 2. The summed E-state index contributed by atoms with van der Waals surface area (Å²) in [6.45, 7) is 5.69. The highest BCUT2D eigenvalue weighted by atomic mass is 79.9. The first-order chi connectivity index (χ1) is 10.7. The van der Waals surface area contributed by atoms with Gasteiger partial charge in [0.25, 0.3) is 5.91 Å². The predicted octanol–water partition coefficient (Wildman–Crippen LogP) is 1.58. The second kappa shape index (κ2) is 6.98. The van der Waals surface area contributed by atoms with Gasteiger partial charge >= 0.3 is 0 Å². The molecular weight excluding hydrogens is 346 g/mol. The van der Waals surface area contributed by atoms with E-state index in [1.807, 2.05) is 17.0 Å². The molecule has 1 atom stereocenters. The molecular formula is C16H22BrN3O2. The monoisotopic (exact) mass is 367 g/mol. The van der Waals surface area contributed by atoms with Gasteiger partial charge in [-0.2, -0.15) is 0 Å². The van der Waals surface area contributed by atoms with Crippen LogP contribution in [-0.4, -0.2) is 68.1 Å². The van der Waals surface area contributed by atoms with Crippen LogP contribution in [0.1, 0.15) is 16.8 Å². The van der Waals surface area contributed by atoms with Crippen LogP contribution >= 0.6 is 15.9 Å². The van der Waals surface area contributed by atoms with Crippen molar-refractivity contribution in [3.05, 3.63) is 28.2 Å². The van der Waals surface area contributed by atoms with Crippen LogP contribution in [0.25, 0.3) is 0 Å². The van der Waals surface area contributed by atoms with E-state index in [-0.39, 0.29) is 5.91 Å². The number of ether oxygens (including phenoxy) is 1. The first-order valence-electron chi connectivity index (χ1n) is 7.76. The zero-order chi connectivity index (χ0) is 15.5. The van der Waals surface area contributed by atoms with Gasteiger partial charge in [0.2, 0.25) is 0 Å². The Balaban J connectivity index is 1.64. The van der Waals surface area contributed by atoms with Crippen molar-refractivity contribution in [1.29, 1.82) is 0 Å². The van der Waals surface area contributed by atoms with Crippen molar-refractivity contribution >= 4 is 21.8 Å². The third-order valence-electron chi connectivity index (χ3n) is 4.56. The Hall–Kier alpha value is -1.11. The number of benzene rings is 1. The summed E-state index contributed by atoms with van der Waals surface area (Å²) in [6.07, 6.45) is 1.22. The van der Waals surface area contributed by atoms with Gasteiger partial charge in [0.05, 0.1) is 12.7 Å². The van der Waals surface area contributed by atoms with Gasteiger partial charge in [-0.15, -0.1) is 0 Å². The van der Waals surface area contributed by atoms with Crippen molar-refractivity contribution in [3.8, 4) is 5.75 Å². The Morgan fingerprint density at radius 2 is 2.09 bits per heavy atom. The molecule has 1 unspecified atom stereocenters. The third-order valence-corrected chi connectivity index (χ3v) is 5.25. The lowest BCUT2D eigenvalue weighted by atomic mass is 10.1. The molecule has 6 heteroatoms. The van der Waals surface area contributed by atoms with E-state index in [1.54, 1.807) is 13.2 Å². The second-order valence-corrected chi connectivity index (χ2v) is 6.67. The number of hydrogen-bond donors (Lipinski definition) is 1. The average Bonchev–Trinajstić information content (AvgIpc) is 3.09. The van der Waals surface area contributed by atoms with E-state index in [0.717, 1.165) is 43.7 Å². The third kappa shape index (κ3) is 3.29. The zero-order valence-electron chi connectivity index (χ0n) is 12.8. The Bertz CT molecular complexity index is 538. The number of rotatable bonds is 3. The van der Waals surface area contributed by atoms with Crippen molar-refractivity contribution in [2.24, 2.45) is 0 Å². The van der Waals surface area contributed by atoms with Crippen LogP contribution < -0.4 is 10.1 Å². The summed E-state index contributed by atoms with van der Waals surface area (Å²) in [5.41, 5.74) is 0.676. The zero-order valence-corrected chi connectivity index (χ0v) is 14.4. The topological polar surface area (TPSA) is 44.8 Å². The van der Waals surface area contributed by atoms with Crippen LogP contribution in [0.4, 0.5) is 0 Å². The SMILES string of the molecule is COc1ccc(Br)c(C(=O)N2CCN(C3CCNC3)CC2)c1. The van der Waals surface area contributed by atoms with E-state index in [0.29, 0.717) is 17.4 Å². The summed E-state index contributed by atoms with van der Waals surface area (Å²) >= 11 is 3.47. The minimum Gasteiger partial charge on any atom is -0.497 e. The molecule has 2 aliphatic rings. The summed E-state index contributed by atoms with van der Waals surface area (Å²) in [5, 5.41) is 3.41. The van der Waals surface area contributed by atoms with Crippen molar-refractivity contribution in [3.63, 3.8) is 0 Å². The highest BCUT2D eigenvalue weighted by molar-refractivity contribution is 9.10. The van der Waals surface area contributed by atoms with Gasteiger partial charge in [0, 0.05) is 43.2 Å². The first kappa shape index (κ1) is 15.8. The summed E-state index contributed by atoms with van der Waals surface area (Å²) in [6, 6.07) is 6.17. The number of piperazine rings is 1. The molecule has 0 bridgehead atoms. The number of carbonyl (C=O) groups excluding carboxylic acids is 1. The molecule has 0 saturated carbocycles. The molecule has 1 aromatic carbocycles. The fraction of sp³-hybridized carbons (Fsp3) is 0.562. The normalized spacial score (nSPS) is 22.8. The van der Waals surface area contributed by atoms with E-state index in [9.17, 15) is 4.79 Å². The summed E-state index contributed by atoms with van der Waals surface area (Å²) in [5.74, 6) is 0.789. The number of nitrogens with one attached hydrogen (secondary N) is 1. The summed E-state index contributed by atoms with van der Waals surface area (Å²) < 4.78 is 6.05. The van der Waals surface area contributed by atoms with Crippen molar-refractivity contribution in [2.75, 3.05) is 46.4 Å². The molecule has 22 heavy (non-hydrogen) atoms. The highest BCUT2D eigenvalue weighted by Gasteiger charge is 2.28. The Morgan fingerprint density at radius 3 is 2.73 bits per heavy atom. The van der Waals surface area contributed by atoms with Gasteiger partial charge < -0.3 is 15.0 Å². The quantitative estimate of drug-likeness (QED) is 0.880. The molecule has 3 rings (SSSR count). The maximum absolute atomic E-state index is 12.7. The smallest absolute Gasteiger partial charge is 0.255 e. The number of carbonyl (C=O) groups is 1. The molecule has 1 N–H and O–H groups in total. The van der Waals surface area contributed by atoms with E-state index < -0.39 is 0 Å². The Kier molecular flexibility index (Phi) is 5.00. The lowest BCUT2D eigenvalue weighted by molar-refractivity contribution is 0.0582. The molecule has 0 spiro atoms. The van der Waals surface area contributed by atoms with Crippen LogP contribution in [0.15, 0.2) is 22.7 Å². The van der Waals surface area contributed by atoms with Crippen LogP contribution in [0.5, 0.6) is 5.75 Å². The minimum atomic E-state index is 0.0787. The first-order valence-corrected chi connectivity index (χ1v) is 8.56. The number of halogens is 1. The number of methoxy groups -OCH3 is 1. The van der Waals surface area contributed by atoms with E-state index in [4.69, 9.17) is 4.74 Å². The van der Waals surface area contributed by atoms with Crippen LogP contribution in [-0.2, 0) is 0 Å². The fourth-order valence-electron chi connectivity index (χ4n) is 3.21. The van der Waals surface area contributed by atoms with Gasteiger partial charge in [0.15, 0.2) is 0 Å². The van der Waals surface area contributed by atoms with Gasteiger partial charge in [0.1, 0.15) is 5.75 Å². The molecule has 2 heterocycles. The average molecular weight is 368 g/mol. The molecule has 0 aromatic heterocycles. The molecule has 2 aliphatic heterocycles. The van der Waals surface area contributed by atoms with Crippen LogP contribution in [0, 0.1) is 0 Å². The lowest BCUT2D eigenvalue weighted by Crippen LogP contribution is -2.52. The number of hydrogen-bond acceptors (Lipinski definition) is 4. The maximum atomic E-state index is 12.7. The van der Waals surface area contributed by atoms with Gasteiger partial charge in [-0.1, -0.05) is 0 Å². The highest BCUT2D eigenvalue weighted by Crippen LogP contribution is 2.24. The van der Waals surface area contributed by atoms with Crippen LogP contribution in [0.3, 0.4) is 0 Å². The fourth-order valence-corrected chi connectivity index (χ4v) is 3.62. The summed E-state index contributed by atoms with van der Waals surface area (Å²) in [4.78, 5) is 17.2. The van der Waals surface area contributed by atoms with Gasteiger partial charge in [-0.3, -0.25) is 9.69 Å².